The van der Waals surface area contributed by atoms with Crippen LogP contribution in [0.25, 0.3) is 0 Å². The highest BCUT2D eigenvalue weighted by Gasteiger charge is 2.34. The Balaban J connectivity index is 4.50. The van der Waals surface area contributed by atoms with E-state index in [1.165, 1.54) is 6.92 Å². The predicted molar refractivity (Wildman–Crippen MR) is 54.4 cm³/mol. The minimum absolute atomic E-state index is 0.146. The SMILES string of the molecule is CC(=S)C(=O)[C@@H](O)[C@@H](O)[C@H](O)[C@H](O)CO. The maximum absolute atomic E-state index is 11.1. The molecule has 0 saturated heterocycles. The average molecular weight is 238 g/mol. The molecule has 0 bridgehead atoms. The number of thiocarbonyl (C=S) groups is 1. The Bertz CT molecular complexity index is 243. The van der Waals surface area contributed by atoms with Crippen molar-refractivity contribution in [1.29, 1.82) is 0 Å². The largest absolute Gasteiger partial charge is 0.394 e. The van der Waals surface area contributed by atoms with Gasteiger partial charge in [-0.2, -0.15) is 0 Å². The Morgan fingerprint density at radius 1 is 1.20 bits per heavy atom. The highest BCUT2D eigenvalue weighted by molar-refractivity contribution is 7.82. The standard InChI is InChI=1S/C8H14O6S/c1-3(15)5(11)7(13)8(14)6(12)4(10)2-9/h4,6-10,12-14H,2H2,1H3/t4-,6-,7-,8+/m1/s1. The van der Waals surface area contributed by atoms with E-state index in [9.17, 15) is 20.1 Å². The molecule has 0 aliphatic rings. The summed E-state index contributed by atoms with van der Waals surface area (Å²) in [6.45, 7) is 0.470. The lowest BCUT2D eigenvalue weighted by Crippen LogP contribution is -2.49. The van der Waals surface area contributed by atoms with Gasteiger partial charge in [-0.1, -0.05) is 12.2 Å². The second-order valence-electron chi connectivity index (χ2n) is 3.10. The second-order valence-corrected chi connectivity index (χ2v) is 3.71. The summed E-state index contributed by atoms with van der Waals surface area (Å²) in [5.74, 6) is -0.901. The maximum atomic E-state index is 11.1. The fourth-order valence-corrected chi connectivity index (χ4v) is 1.01. The highest BCUT2D eigenvalue weighted by atomic mass is 32.1. The van der Waals surface area contributed by atoms with E-state index < -0.39 is 36.8 Å². The summed E-state index contributed by atoms with van der Waals surface area (Å²) in [6, 6.07) is 0. The number of ketones is 1. The summed E-state index contributed by atoms with van der Waals surface area (Å²) in [4.78, 5) is 10.9. The molecule has 0 aromatic heterocycles. The fraction of sp³-hybridized carbons (Fsp3) is 0.750. The topological polar surface area (TPSA) is 118 Å². The first-order valence-corrected chi connectivity index (χ1v) is 4.61. The quantitative estimate of drug-likeness (QED) is 0.321. The Morgan fingerprint density at radius 2 is 1.67 bits per heavy atom. The Labute approximate surface area is 91.8 Å². The van der Waals surface area contributed by atoms with Gasteiger partial charge in [0.2, 0.25) is 0 Å². The molecule has 0 amide bonds. The van der Waals surface area contributed by atoms with Crippen molar-refractivity contribution in [1.82, 2.24) is 0 Å². The van der Waals surface area contributed by atoms with Gasteiger partial charge in [-0.15, -0.1) is 0 Å². The van der Waals surface area contributed by atoms with Crippen LogP contribution in [0.15, 0.2) is 0 Å². The van der Waals surface area contributed by atoms with Crippen LogP contribution in [0.1, 0.15) is 6.92 Å². The molecule has 0 fully saturated rings. The van der Waals surface area contributed by atoms with Crippen molar-refractivity contribution in [3.63, 3.8) is 0 Å². The third kappa shape index (κ3) is 3.90. The van der Waals surface area contributed by atoms with Crippen molar-refractivity contribution in [3.05, 3.63) is 0 Å². The number of aliphatic hydroxyl groups excluding tert-OH is 5. The first kappa shape index (κ1) is 14.6. The van der Waals surface area contributed by atoms with Crippen LogP contribution in [-0.2, 0) is 4.79 Å². The van der Waals surface area contributed by atoms with Crippen LogP contribution in [0.5, 0.6) is 0 Å². The summed E-state index contributed by atoms with van der Waals surface area (Å²) >= 11 is 4.48. The van der Waals surface area contributed by atoms with Crippen LogP contribution < -0.4 is 0 Å². The number of aliphatic hydroxyl groups is 5. The van der Waals surface area contributed by atoms with Crippen LogP contribution in [0, 0.1) is 0 Å². The highest BCUT2D eigenvalue weighted by Crippen LogP contribution is 2.06. The van der Waals surface area contributed by atoms with Gasteiger partial charge in [-0.25, -0.2) is 0 Å². The molecule has 0 unspecified atom stereocenters. The minimum atomic E-state index is -1.90. The fourth-order valence-electron chi connectivity index (χ4n) is 0.886. The van der Waals surface area contributed by atoms with E-state index in [0.29, 0.717) is 0 Å². The van der Waals surface area contributed by atoms with Gasteiger partial charge in [0, 0.05) is 0 Å². The molecule has 88 valence electrons. The Morgan fingerprint density at radius 3 is 2.00 bits per heavy atom. The zero-order valence-electron chi connectivity index (χ0n) is 8.07. The molecule has 0 aliphatic heterocycles. The number of rotatable bonds is 6. The lowest BCUT2D eigenvalue weighted by molar-refractivity contribution is -0.141. The summed E-state index contributed by atoms with van der Waals surface area (Å²) in [7, 11) is 0. The molecular weight excluding hydrogens is 224 g/mol. The smallest absolute Gasteiger partial charge is 0.200 e. The molecule has 6 nitrogen and oxygen atoms in total. The molecule has 0 rings (SSSR count). The summed E-state index contributed by atoms with van der Waals surface area (Å²) < 4.78 is 0. The molecule has 5 N–H and O–H groups in total. The minimum Gasteiger partial charge on any atom is -0.394 e. The van der Waals surface area contributed by atoms with Crippen LogP contribution in [0.4, 0.5) is 0 Å². The lowest BCUT2D eigenvalue weighted by Gasteiger charge is -2.24. The van der Waals surface area contributed by atoms with Crippen LogP contribution >= 0.6 is 12.2 Å². The maximum Gasteiger partial charge on any atom is 0.200 e. The number of carbonyl (C=O) groups excluding carboxylic acids is 1. The predicted octanol–water partition coefficient (Wildman–Crippen LogP) is -2.62. The monoisotopic (exact) mass is 238 g/mol. The molecule has 0 aromatic carbocycles. The van der Waals surface area contributed by atoms with Gasteiger partial charge in [-0.05, 0) is 6.92 Å². The molecule has 0 heterocycles. The van der Waals surface area contributed by atoms with Gasteiger partial charge in [0.15, 0.2) is 5.78 Å². The van der Waals surface area contributed by atoms with Crippen molar-refractivity contribution in [3.8, 4) is 0 Å². The molecule has 0 radical (unpaired) electrons. The molecule has 7 heteroatoms. The summed E-state index contributed by atoms with van der Waals surface area (Å²) in [5.41, 5.74) is 0. The lowest BCUT2D eigenvalue weighted by atomic mass is 9.99. The van der Waals surface area contributed by atoms with E-state index in [4.69, 9.17) is 10.2 Å². The molecule has 4 atom stereocenters. The van der Waals surface area contributed by atoms with Crippen molar-refractivity contribution < 1.29 is 30.3 Å². The van der Waals surface area contributed by atoms with E-state index in [1.807, 2.05) is 0 Å². The van der Waals surface area contributed by atoms with Gasteiger partial charge in [0.1, 0.15) is 24.4 Å². The first-order valence-electron chi connectivity index (χ1n) is 4.20. The number of hydrogen-bond donors (Lipinski definition) is 5. The van der Waals surface area contributed by atoms with Crippen LogP contribution in [0.2, 0.25) is 0 Å². The first-order chi connectivity index (χ1) is 6.82. The van der Waals surface area contributed by atoms with E-state index in [-0.39, 0.29) is 4.86 Å². The number of carbonyl (C=O) groups is 1. The summed E-state index contributed by atoms with van der Waals surface area (Å²) in [6.07, 6.45) is -7.24. The molecule has 0 aromatic rings. The second kappa shape index (κ2) is 6.21. The molecule has 0 saturated carbocycles. The third-order valence-electron chi connectivity index (χ3n) is 1.87. The normalized spacial score (nSPS) is 19.1. The van der Waals surface area contributed by atoms with Crippen LogP contribution in [-0.4, -0.2) is 67.2 Å². The van der Waals surface area contributed by atoms with Gasteiger partial charge in [0.05, 0.1) is 11.5 Å². The zero-order valence-corrected chi connectivity index (χ0v) is 8.89. The van der Waals surface area contributed by atoms with Gasteiger partial charge in [0.25, 0.3) is 0 Å². The van der Waals surface area contributed by atoms with Crippen molar-refractivity contribution in [2.75, 3.05) is 6.61 Å². The Kier molecular flexibility index (Phi) is 6.03. The van der Waals surface area contributed by atoms with E-state index in [1.54, 1.807) is 0 Å². The van der Waals surface area contributed by atoms with E-state index >= 15 is 0 Å². The van der Waals surface area contributed by atoms with Gasteiger partial charge < -0.3 is 25.5 Å². The third-order valence-corrected chi connectivity index (χ3v) is 2.07. The molecular formula is C8H14O6S. The van der Waals surface area contributed by atoms with Crippen molar-refractivity contribution in [2.24, 2.45) is 0 Å². The number of hydrogen-bond acceptors (Lipinski definition) is 7. The number of Topliss-reactive ketones (excluding diaryl/α,β-unsaturated/α-hetero) is 1. The molecule has 0 aliphatic carbocycles. The van der Waals surface area contributed by atoms with Gasteiger partial charge >= 0.3 is 0 Å². The molecule has 0 spiro atoms. The van der Waals surface area contributed by atoms with E-state index in [2.05, 4.69) is 12.2 Å². The molecule has 15 heavy (non-hydrogen) atoms. The average Bonchev–Trinajstić information content (AvgIpc) is 2.23. The van der Waals surface area contributed by atoms with Gasteiger partial charge in [-0.3, -0.25) is 4.79 Å². The van der Waals surface area contributed by atoms with Crippen LogP contribution in [0.3, 0.4) is 0 Å². The van der Waals surface area contributed by atoms with E-state index in [0.717, 1.165) is 0 Å². The van der Waals surface area contributed by atoms with Crippen molar-refractivity contribution >= 4 is 22.9 Å². The zero-order chi connectivity index (χ0) is 12.2. The van der Waals surface area contributed by atoms with Crippen molar-refractivity contribution in [2.45, 2.75) is 31.3 Å². The summed E-state index contributed by atoms with van der Waals surface area (Å²) in [5, 5.41) is 45.1. The Hall–Kier alpha value is -0.440.